The van der Waals surface area contributed by atoms with Gasteiger partial charge in [0.2, 0.25) is 5.91 Å². The van der Waals surface area contributed by atoms with E-state index in [1.54, 1.807) is 23.1 Å². The van der Waals surface area contributed by atoms with E-state index in [4.69, 9.17) is 0 Å². The van der Waals surface area contributed by atoms with Crippen LogP contribution in [0, 0.1) is 10.1 Å². The molecule has 0 saturated carbocycles. The number of hydrogen-bond acceptors (Lipinski definition) is 5. The lowest BCUT2D eigenvalue weighted by atomic mass is 10.1. The Labute approximate surface area is 147 Å². The summed E-state index contributed by atoms with van der Waals surface area (Å²) in [4.78, 5) is 24.7. The first kappa shape index (κ1) is 19.1. The molecule has 1 heterocycles. The SMILES string of the molecule is CCCCN(C(=O)/C=C/c1ccccc1[N+](=O)[O-])C1CCS(=O)(=O)C1. The molecule has 25 heavy (non-hydrogen) atoms. The molecule has 2 rings (SSSR count). The molecule has 7 nitrogen and oxygen atoms in total. The molecule has 0 spiro atoms. The third-order valence-electron chi connectivity index (χ3n) is 4.22. The first-order valence-corrected chi connectivity index (χ1v) is 10.1. The summed E-state index contributed by atoms with van der Waals surface area (Å²) in [6.45, 7) is 2.48. The van der Waals surface area contributed by atoms with E-state index < -0.39 is 14.8 Å². The molecule has 1 fully saturated rings. The molecule has 0 aliphatic carbocycles. The van der Waals surface area contributed by atoms with Crippen molar-refractivity contribution in [3.63, 3.8) is 0 Å². The van der Waals surface area contributed by atoms with Crippen molar-refractivity contribution in [2.75, 3.05) is 18.1 Å². The number of sulfone groups is 1. The number of amides is 1. The van der Waals surface area contributed by atoms with Crippen molar-refractivity contribution in [1.29, 1.82) is 0 Å². The summed E-state index contributed by atoms with van der Waals surface area (Å²) in [6.07, 6.45) is 4.82. The average molecular weight is 366 g/mol. The van der Waals surface area contributed by atoms with Gasteiger partial charge in [-0.25, -0.2) is 8.42 Å². The topological polar surface area (TPSA) is 97.6 Å². The lowest BCUT2D eigenvalue weighted by Gasteiger charge is -2.27. The Morgan fingerprint density at radius 3 is 2.72 bits per heavy atom. The molecular formula is C17H22N2O5S. The molecular weight excluding hydrogens is 344 g/mol. The van der Waals surface area contributed by atoms with E-state index in [1.807, 2.05) is 6.92 Å². The van der Waals surface area contributed by atoms with Crippen LogP contribution in [0.15, 0.2) is 30.3 Å². The van der Waals surface area contributed by atoms with Gasteiger partial charge in [0.05, 0.1) is 22.0 Å². The van der Waals surface area contributed by atoms with Crippen LogP contribution in [-0.4, -0.2) is 48.2 Å². The van der Waals surface area contributed by atoms with E-state index in [0.29, 0.717) is 18.5 Å². The zero-order valence-corrected chi connectivity index (χ0v) is 14.9. The van der Waals surface area contributed by atoms with Gasteiger partial charge in [0.1, 0.15) is 0 Å². The van der Waals surface area contributed by atoms with Crippen LogP contribution in [0.5, 0.6) is 0 Å². The molecule has 8 heteroatoms. The molecule has 0 radical (unpaired) electrons. The Kier molecular flexibility index (Phi) is 6.30. The van der Waals surface area contributed by atoms with Crippen molar-refractivity contribution in [2.24, 2.45) is 0 Å². The first-order chi connectivity index (χ1) is 11.8. The summed E-state index contributed by atoms with van der Waals surface area (Å²) >= 11 is 0. The van der Waals surface area contributed by atoms with Gasteiger partial charge >= 0.3 is 0 Å². The number of unbranched alkanes of at least 4 members (excludes halogenated alkanes) is 1. The fourth-order valence-electron chi connectivity index (χ4n) is 2.87. The molecule has 0 aromatic heterocycles. The third kappa shape index (κ3) is 5.12. The first-order valence-electron chi connectivity index (χ1n) is 8.26. The summed E-state index contributed by atoms with van der Waals surface area (Å²) < 4.78 is 23.4. The quantitative estimate of drug-likeness (QED) is 0.419. The largest absolute Gasteiger partial charge is 0.335 e. The second-order valence-electron chi connectivity index (χ2n) is 6.09. The zero-order chi connectivity index (χ0) is 18.4. The standard InChI is InChI=1S/C17H22N2O5S/c1-2-3-11-18(15-10-12-25(23,24)13-15)17(20)9-8-14-6-4-5-7-16(14)19(21)22/h4-9,15H,2-3,10-13H2,1H3/b9-8+. The van der Waals surface area contributed by atoms with E-state index in [2.05, 4.69) is 0 Å². The van der Waals surface area contributed by atoms with Gasteiger partial charge in [-0.2, -0.15) is 0 Å². The van der Waals surface area contributed by atoms with Gasteiger partial charge in [0, 0.05) is 24.7 Å². The van der Waals surface area contributed by atoms with Gasteiger partial charge in [0.15, 0.2) is 9.84 Å². The van der Waals surface area contributed by atoms with Gasteiger partial charge in [-0.15, -0.1) is 0 Å². The number of nitrogens with zero attached hydrogens (tertiary/aromatic N) is 2. The van der Waals surface area contributed by atoms with Crippen molar-refractivity contribution in [3.8, 4) is 0 Å². The summed E-state index contributed by atoms with van der Waals surface area (Å²) in [7, 11) is -3.09. The number of para-hydroxylation sites is 1. The number of carbonyl (C=O) groups excluding carboxylic acids is 1. The van der Waals surface area contributed by atoms with Gasteiger partial charge in [-0.1, -0.05) is 25.5 Å². The van der Waals surface area contributed by atoms with Gasteiger partial charge in [-0.3, -0.25) is 14.9 Å². The van der Waals surface area contributed by atoms with Crippen molar-refractivity contribution in [2.45, 2.75) is 32.2 Å². The van der Waals surface area contributed by atoms with Crippen LogP contribution < -0.4 is 0 Å². The van der Waals surface area contributed by atoms with Gasteiger partial charge in [-0.05, 0) is 25.0 Å². The van der Waals surface area contributed by atoms with Crippen LogP contribution in [0.25, 0.3) is 6.08 Å². The smallest absolute Gasteiger partial charge is 0.276 e. The lowest BCUT2D eigenvalue weighted by Crippen LogP contribution is -2.40. The number of nitro groups is 1. The zero-order valence-electron chi connectivity index (χ0n) is 14.1. The highest BCUT2D eigenvalue weighted by Gasteiger charge is 2.33. The van der Waals surface area contributed by atoms with E-state index >= 15 is 0 Å². The second-order valence-corrected chi connectivity index (χ2v) is 8.32. The monoisotopic (exact) mass is 366 g/mol. The Hall–Kier alpha value is -2.22. The number of hydrogen-bond donors (Lipinski definition) is 0. The van der Waals surface area contributed by atoms with Gasteiger partial charge < -0.3 is 4.90 Å². The normalized spacial score (nSPS) is 19.2. The summed E-state index contributed by atoms with van der Waals surface area (Å²) in [6, 6.07) is 5.85. The second kappa shape index (κ2) is 8.24. The van der Waals surface area contributed by atoms with Gasteiger partial charge in [0.25, 0.3) is 5.69 Å². The van der Waals surface area contributed by atoms with Crippen LogP contribution >= 0.6 is 0 Å². The Morgan fingerprint density at radius 1 is 1.40 bits per heavy atom. The maximum Gasteiger partial charge on any atom is 0.276 e. The summed E-state index contributed by atoms with van der Waals surface area (Å²) in [5.74, 6) is -0.225. The molecule has 0 N–H and O–H groups in total. The van der Waals surface area contributed by atoms with Crippen molar-refractivity contribution in [1.82, 2.24) is 4.90 Å². The number of nitro benzene ring substituents is 1. The third-order valence-corrected chi connectivity index (χ3v) is 5.97. The molecule has 1 aromatic rings. The number of carbonyl (C=O) groups is 1. The van der Waals surface area contributed by atoms with E-state index in [-0.39, 0.29) is 29.1 Å². The molecule has 136 valence electrons. The number of rotatable bonds is 7. The summed E-state index contributed by atoms with van der Waals surface area (Å²) in [5, 5.41) is 11.0. The average Bonchev–Trinajstić information content (AvgIpc) is 2.93. The molecule has 1 saturated heterocycles. The molecule has 1 aliphatic rings. The number of benzene rings is 1. The Balaban J connectivity index is 2.18. The predicted molar refractivity (Wildman–Crippen MR) is 95.8 cm³/mol. The highest BCUT2D eigenvalue weighted by Crippen LogP contribution is 2.21. The maximum absolute atomic E-state index is 12.6. The molecule has 1 aromatic carbocycles. The van der Waals surface area contributed by atoms with Crippen LogP contribution in [0.4, 0.5) is 5.69 Å². The fraction of sp³-hybridized carbons (Fsp3) is 0.471. The highest BCUT2D eigenvalue weighted by molar-refractivity contribution is 7.91. The lowest BCUT2D eigenvalue weighted by molar-refractivity contribution is -0.385. The fourth-order valence-corrected chi connectivity index (χ4v) is 4.60. The minimum Gasteiger partial charge on any atom is -0.335 e. The Bertz CT molecular complexity index is 773. The predicted octanol–water partition coefficient (Wildman–Crippen LogP) is 2.42. The van der Waals surface area contributed by atoms with E-state index in [9.17, 15) is 23.3 Å². The van der Waals surface area contributed by atoms with Crippen LogP contribution in [0.2, 0.25) is 0 Å². The summed E-state index contributed by atoms with van der Waals surface area (Å²) in [5.41, 5.74) is 0.269. The van der Waals surface area contributed by atoms with Crippen LogP contribution in [0.3, 0.4) is 0 Å². The maximum atomic E-state index is 12.6. The van der Waals surface area contributed by atoms with Crippen molar-refractivity contribution >= 4 is 27.5 Å². The molecule has 0 bridgehead atoms. The molecule has 1 aliphatic heterocycles. The minimum atomic E-state index is -3.09. The molecule has 1 atom stereocenters. The molecule has 1 unspecified atom stereocenters. The van der Waals surface area contributed by atoms with E-state index in [1.165, 1.54) is 18.2 Å². The Morgan fingerprint density at radius 2 is 2.12 bits per heavy atom. The minimum absolute atomic E-state index is 0.0121. The highest BCUT2D eigenvalue weighted by atomic mass is 32.2. The van der Waals surface area contributed by atoms with E-state index in [0.717, 1.165) is 12.8 Å². The van der Waals surface area contributed by atoms with Crippen molar-refractivity contribution < 1.29 is 18.1 Å². The molecule has 1 amide bonds. The van der Waals surface area contributed by atoms with Crippen LogP contribution in [0.1, 0.15) is 31.7 Å². The van der Waals surface area contributed by atoms with Crippen molar-refractivity contribution in [3.05, 3.63) is 46.0 Å². The van der Waals surface area contributed by atoms with Crippen LogP contribution in [-0.2, 0) is 14.6 Å².